The van der Waals surface area contributed by atoms with E-state index in [2.05, 4.69) is 40.8 Å². The number of ether oxygens (including phenoxy) is 1. The highest BCUT2D eigenvalue weighted by Crippen LogP contribution is 2.46. The third kappa shape index (κ3) is 2.32. The van der Waals surface area contributed by atoms with Gasteiger partial charge in [0.05, 0.1) is 7.11 Å². The Kier molecular flexibility index (Phi) is 3.55. The molecule has 0 bridgehead atoms. The Balaban J connectivity index is 1.86. The van der Waals surface area contributed by atoms with Gasteiger partial charge in [-0.1, -0.05) is 17.7 Å². The first kappa shape index (κ1) is 14.6. The van der Waals surface area contributed by atoms with E-state index in [-0.39, 0.29) is 0 Å². The summed E-state index contributed by atoms with van der Waals surface area (Å²) >= 11 is 6.20. The van der Waals surface area contributed by atoms with Crippen molar-refractivity contribution in [2.24, 2.45) is 0 Å². The van der Waals surface area contributed by atoms with Gasteiger partial charge < -0.3 is 15.0 Å². The third-order valence-corrected chi connectivity index (χ3v) is 5.15. The molecule has 23 heavy (non-hydrogen) atoms. The van der Waals surface area contributed by atoms with Crippen LogP contribution >= 0.6 is 11.6 Å². The van der Waals surface area contributed by atoms with Gasteiger partial charge in [-0.2, -0.15) is 0 Å². The van der Waals surface area contributed by atoms with Crippen molar-refractivity contribution in [1.29, 1.82) is 0 Å². The van der Waals surface area contributed by atoms with Crippen molar-refractivity contribution >= 4 is 22.5 Å². The van der Waals surface area contributed by atoms with E-state index < -0.39 is 0 Å². The van der Waals surface area contributed by atoms with E-state index in [0.717, 1.165) is 22.7 Å². The second-order valence-electron chi connectivity index (χ2n) is 6.06. The van der Waals surface area contributed by atoms with Gasteiger partial charge in [-0.05, 0) is 60.5 Å². The summed E-state index contributed by atoms with van der Waals surface area (Å²) in [5.74, 6) is 1.25. The van der Waals surface area contributed by atoms with Crippen LogP contribution in [0.4, 0.5) is 0 Å². The number of methoxy groups -OCH3 is 1. The third-order valence-electron chi connectivity index (χ3n) is 4.92. The number of halogens is 1. The lowest BCUT2D eigenvalue weighted by Gasteiger charge is -2.12. The number of aromatic nitrogens is 1. The lowest BCUT2D eigenvalue weighted by molar-refractivity contribution is 0.415. The molecular formula is C19H19ClN2O. The molecule has 0 saturated carbocycles. The van der Waals surface area contributed by atoms with Crippen LogP contribution in [0.25, 0.3) is 10.9 Å². The Labute approximate surface area is 140 Å². The molecule has 2 atom stereocenters. The van der Waals surface area contributed by atoms with Gasteiger partial charge in [-0.15, -0.1) is 0 Å². The summed E-state index contributed by atoms with van der Waals surface area (Å²) in [4.78, 5) is 3.39. The normalized spacial score (nSPS) is 20.0. The van der Waals surface area contributed by atoms with Crippen molar-refractivity contribution in [2.75, 3.05) is 14.2 Å². The Hall–Kier alpha value is -1.97. The summed E-state index contributed by atoms with van der Waals surface area (Å²) in [5.41, 5.74) is 5.13. The van der Waals surface area contributed by atoms with Crippen molar-refractivity contribution < 1.29 is 4.74 Å². The first-order chi connectivity index (χ1) is 11.2. The average molecular weight is 327 g/mol. The molecule has 0 spiro atoms. The molecule has 1 heterocycles. The molecular weight excluding hydrogens is 308 g/mol. The number of hydrogen-bond donors (Lipinski definition) is 2. The van der Waals surface area contributed by atoms with E-state index in [4.69, 9.17) is 16.3 Å². The van der Waals surface area contributed by atoms with Crippen molar-refractivity contribution in [3.05, 3.63) is 64.3 Å². The highest BCUT2D eigenvalue weighted by atomic mass is 35.5. The maximum atomic E-state index is 6.20. The standard InChI is InChI=1S/C19H19ClN2O/c1-21-19-9-14(13-5-3-11(20)7-15(13)19)17-10-22-18-6-4-12(23-2)8-16(17)18/h3-8,10,14,19,21-22H,9H2,1-2H3/t14-,19-/m1/s1. The lowest BCUT2D eigenvalue weighted by atomic mass is 9.92. The number of aromatic amines is 1. The first-order valence-electron chi connectivity index (χ1n) is 7.83. The van der Waals surface area contributed by atoms with Crippen LogP contribution in [0.2, 0.25) is 5.02 Å². The molecule has 0 aliphatic heterocycles. The molecule has 2 N–H and O–H groups in total. The van der Waals surface area contributed by atoms with Crippen molar-refractivity contribution in [3.8, 4) is 5.75 Å². The Bertz CT molecular complexity index is 871. The summed E-state index contributed by atoms with van der Waals surface area (Å²) in [5, 5.41) is 5.44. The largest absolute Gasteiger partial charge is 0.497 e. The number of fused-ring (bicyclic) bond motifs is 2. The van der Waals surface area contributed by atoms with Gasteiger partial charge in [0.2, 0.25) is 0 Å². The molecule has 3 aromatic rings. The van der Waals surface area contributed by atoms with Gasteiger partial charge in [-0.3, -0.25) is 0 Å². The predicted molar refractivity (Wildman–Crippen MR) is 94.6 cm³/mol. The Morgan fingerprint density at radius 1 is 1.13 bits per heavy atom. The number of hydrogen-bond acceptors (Lipinski definition) is 2. The Morgan fingerprint density at radius 2 is 2.00 bits per heavy atom. The molecule has 4 rings (SSSR count). The second kappa shape index (κ2) is 5.59. The van der Waals surface area contributed by atoms with Crippen LogP contribution in [0.5, 0.6) is 5.75 Å². The van der Waals surface area contributed by atoms with Crippen molar-refractivity contribution in [3.63, 3.8) is 0 Å². The van der Waals surface area contributed by atoms with Crippen molar-refractivity contribution in [1.82, 2.24) is 10.3 Å². The average Bonchev–Trinajstić information content (AvgIpc) is 3.14. The quantitative estimate of drug-likeness (QED) is 0.736. The van der Waals surface area contributed by atoms with Gasteiger partial charge in [0.15, 0.2) is 0 Å². The molecule has 1 aliphatic carbocycles. The van der Waals surface area contributed by atoms with E-state index >= 15 is 0 Å². The fraction of sp³-hybridized carbons (Fsp3) is 0.263. The highest BCUT2D eigenvalue weighted by molar-refractivity contribution is 6.30. The number of nitrogens with one attached hydrogen (secondary N) is 2. The molecule has 0 radical (unpaired) electrons. The summed E-state index contributed by atoms with van der Waals surface area (Å²) in [7, 11) is 3.72. The topological polar surface area (TPSA) is 37.0 Å². The lowest BCUT2D eigenvalue weighted by Crippen LogP contribution is -2.13. The molecule has 0 amide bonds. The van der Waals surface area contributed by atoms with Gasteiger partial charge >= 0.3 is 0 Å². The second-order valence-corrected chi connectivity index (χ2v) is 6.49. The zero-order valence-electron chi connectivity index (χ0n) is 13.2. The van der Waals surface area contributed by atoms with Crippen LogP contribution in [0.1, 0.15) is 35.1 Å². The van der Waals surface area contributed by atoms with Crippen LogP contribution in [0.3, 0.4) is 0 Å². The SMILES string of the molecule is CN[C@@H]1C[C@@H](c2c[nH]c3ccc(OC)cc23)c2ccc(Cl)cc21. The Morgan fingerprint density at radius 3 is 2.78 bits per heavy atom. The first-order valence-corrected chi connectivity index (χ1v) is 8.20. The molecule has 0 unspecified atom stereocenters. The molecule has 4 heteroatoms. The predicted octanol–water partition coefficient (Wildman–Crippen LogP) is 4.63. The highest BCUT2D eigenvalue weighted by Gasteiger charge is 2.32. The van der Waals surface area contributed by atoms with Gasteiger partial charge in [0.25, 0.3) is 0 Å². The smallest absolute Gasteiger partial charge is 0.119 e. The van der Waals surface area contributed by atoms with E-state index in [1.807, 2.05) is 19.2 Å². The summed E-state index contributed by atoms with van der Waals surface area (Å²) < 4.78 is 5.39. The van der Waals surface area contributed by atoms with Crippen LogP contribution in [0.15, 0.2) is 42.6 Å². The van der Waals surface area contributed by atoms with Crippen LogP contribution in [-0.2, 0) is 0 Å². The van der Waals surface area contributed by atoms with Crippen LogP contribution in [-0.4, -0.2) is 19.1 Å². The van der Waals surface area contributed by atoms with Gasteiger partial charge in [-0.25, -0.2) is 0 Å². The monoisotopic (exact) mass is 326 g/mol. The van der Waals surface area contributed by atoms with Gasteiger partial charge in [0.1, 0.15) is 5.75 Å². The van der Waals surface area contributed by atoms with E-state index in [9.17, 15) is 0 Å². The van der Waals surface area contributed by atoms with E-state index in [1.54, 1.807) is 7.11 Å². The fourth-order valence-corrected chi connectivity index (χ4v) is 3.94. The number of rotatable bonds is 3. The number of benzene rings is 2. The summed E-state index contributed by atoms with van der Waals surface area (Å²) in [6.07, 6.45) is 3.17. The molecule has 3 nitrogen and oxygen atoms in total. The minimum absolute atomic E-state index is 0.337. The van der Waals surface area contributed by atoms with Crippen LogP contribution in [0, 0.1) is 0 Å². The van der Waals surface area contributed by atoms with E-state index in [1.165, 1.54) is 22.1 Å². The molecule has 118 valence electrons. The fourth-order valence-electron chi connectivity index (χ4n) is 3.76. The van der Waals surface area contributed by atoms with Crippen molar-refractivity contribution in [2.45, 2.75) is 18.4 Å². The summed E-state index contributed by atoms with van der Waals surface area (Å²) in [6.45, 7) is 0. The maximum Gasteiger partial charge on any atom is 0.119 e. The molecule has 0 saturated heterocycles. The van der Waals surface area contributed by atoms with Crippen LogP contribution < -0.4 is 10.1 Å². The molecule has 2 aromatic carbocycles. The molecule has 0 fully saturated rings. The minimum atomic E-state index is 0.337. The zero-order valence-corrected chi connectivity index (χ0v) is 13.9. The molecule has 1 aromatic heterocycles. The number of H-pyrrole nitrogens is 1. The molecule has 1 aliphatic rings. The summed E-state index contributed by atoms with van der Waals surface area (Å²) in [6, 6.07) is 12.8. The maximum absolute atomic E-state index is 6.20. The van der Waals surface area contributed by atoms with Gasteiger partial charge in [0, 0.05) is 34.1 Å². The zero-order chi connectivity index (χ0) is 16.0. The van der Waals surface area contributed by atoms with E-state index in [0.29, 0.717) is 12.0 Å². The minimum Gasteiger partial charge on any atom is -0.497 e.